The van der Waals surface area contributed by atoms with Crippen molar-refractivity contribution >= 4 is 5.69 Å². The van der Waals surface area contributed by atoms with Crippen LogP contribution in [0.5, 0.6) is 5.75 Å². The van der Waals surface area contributed by atoms with Crippen molar-refractivity contribution in [3.63, 3.8) is 0 Å². The summed E-state index contributed by atoms with van der Waals surface area (Å²) in [6.07, 6.45) is 0.871. The Hall–Kier alpha value is -2.40. The molecule has 5 nitrogen and oxygen atoms in total. The van der Waals surface area contributed by atoms with Crippen LogP contribution in [0.25, 0.3) is 0 Å². The lowest BCUT2D eigenvalue weighted by Gasteiger charge is -2.11. The molecule has 0 aromatic heterocycles. The zero-order valence-corrected chi connectivity index (χ0v) is 11.9. The minimum Gasteiger partial charge on any atom is -0.489 e. The molecule has 2 aromatic carbocycles. The van der Waals surface area contributed by atoms with Crippen molar-refractivity contribution in [1.82, 2.24) is 0 Å². The molecule has 0 saturated carbocycles. The number of benzene rings is 2. The lowest BCUT2D eigenvalue weighted by atomic mass is 10.1. The van der Waals surface area contributed by atoms with Gasteiger partial charge in [0, 0.05) is 12.1 Å². The van der Waals surface area contributed by atoms with E-state index in [9.17, 15) is 10.1 Å². The molecule has 5 heteroatoms. The van der Waals surface area contributed by atoms with E-state index in [1.165, 1.54) is 6.07 Å². The van der Waals surface area contributed by atoms with Crippen LogP contribution in [-0.4, -0.2) is 4.92 Å². The quantitative estimate of drug-likeness (QED) is 0.650. The maximum Gasteiger partial charge on any atom is 0.276 e. The van der Waals surface area contributed by atoms with Crippen molar-refractivity contribution in [2.24, 2.45) is 5.73 Å². The number of para-hydroxylation sites is 1. The molecule has 0 radical (unpaired) electrons. The Bertz CT molecular complexity index is 611. The molecule has 2 aromatic rings. The number of rotatable bonds is 6. The van der Waals surface area contributed by atoms with Crippen LogP contribution in [-0.2, 0) is 6.61 Å². The Morgan fingerprint density at radius 3 is 2.48 bits per heavy atom. The highest BCUT2D eigenvalue weighted by atomic mass is 16.6. The SMILES string of the molecule is CC[C@H](N)c1ccc(OCc2ccccc2[N+](=O)[O-])cc1. The minimum absolute atomic E-state index is 0.0225. The van der Waals surface area contributed by atoms with E-state index < -0.39 is 4.92 Å². The predicted octanol–water partition coefficient (Wildman–Crippen LogP) is 3.58. The van der Waals surface area contributed by atoms with Gasteiger partial charge in [0.15, 0.2) is 0 Å². The highest BCUT2D eigenvalue weighted by Crippen LogP contribution is 2.22. The topological polar surface area (TPSA) is 78.4 Å². The monoisotopic (exact) mass is 286 g/mol. The first-order chi connectivity index (χ1) is 10.1. The Balaban J connectivity index is 2.05. The normalized spacial score (nSPS) is 11.9. The Morgan fingerprint density at radius 1 is 1.19 bits per heavy atom. The van der Waals surface area contributed by atoms with Crippen molar-refractivity contribution in [2.45, 2.75) is 26.0 Å². The van der Waals surface area contributed by atoms with Crippen molar-refractivity contribution in [2.75, 3.05) is 0 Å². The van der Waals surface area contributed by atoms with Gasteiger partial charge < -0.3 is 10.5 Å². The number of nitro benzene ring substituents is 1. The molecular weight excluding hydrogens is 268 g/mol. The third kappa shape index (κ3) is 3.79. The van der Waals surface area contributed by atoms with Gasteiger partial charge in [-0.05, 0) is 30.2 Å². The molecule has 0 fully saturated rings. The van der Waals surface area contributed by atoms with Gasteiger partial charge in [0.25, 0.3) is 5.69 Å². The van der Waals surface area contributed by atoms with Crippen LogP contribution in [0.4, 0.5) is 5.69 Å². The van der Waals surface area contributed by atoms with E-state index in [0.717, 1.165) is 12.0 Å². The molecule has 0 bridgehead atoms. The summed E-state index contributed by atoms with van der Waals surface area (Å²) in [5.74, 6) is 0.667. The summed E-state index contributed by atoms with van der Waals surface area (Å²) in [6.45, 7) is 2.19. The number of nitrogens with two attached hydrogens (primary N) is 1. The van der Waals surface area contributed by atoms with Gasteiger partial charge in [-0.25, -0.2) is 0 Å². The first-order valence-electron chi connectivity index (χ1n) is 6.82. The van der Waals surface area contributed by atoms with E-state index in [-0.39, 0.29) is 18.3 Å². The summed E-state index contributed by atoms with van der Waals surface area (Å²) in [5.41, 5.74) is 7.62. The molecule has 0 aliphatic rings. The zero-order chi connectivity index (χ0) is 15.2. The predicted molar refractivity (Wildman–Crippen MR) is 81.1 cm³/mol. The van der Waals surface area contributed by atoms with Crippen LogP contribution < -0.4 is 10.5 Å². The van der Waals surface area contributed by atoms with Gasteiger partial charge in [0.1, 0.15) is 12.4 Å². The number of hydrogen-bond acceptors (Lipinski definition) is 4. The van der Waals surface area contributed by atoms with Gasteiger partial charge in [-0.1, -0.05) is 31.2 Å². The van der Waals surface area contributed by atoms with Gasteiger partial charge in [-0.3, -0.25) is 10.1 Å². The van der Waals surface area contributed by atoms with E-state index in [1.54, 1.807) is 18.2 Å². The number of hydrogen-bond donors (Lipinski definition) is 1. The molecule has 0 amide bonds. The van der Waals surface area contributed by atoms with E-state index in [2.05, 4.69) is 0 Å². The van der Waals surface area contributed by atoms with Gasteiger partial charge in [-0.2, -0.15) is 0 Å². The molecule has 110 valence electrons. The van der Waals surface area contributed by atoms with Gasteiger partial charge in [-0.15, -0.1) is 0 Å². The van der Waals surface area contributed by atoms with Crippen LogP contribution in [0, 0.1) is 10.1 Å². The summed E-state index contributed by atoms with van der Waals surface area (Å²) in [7, 11) is 0. The highest BCUT2D eigenvalue weighted by molar-refractivity contribution is 5.39. The van der Waals surface area contributed by atoms with Crippen LogP contribution >= 0.6 is 0 Å². The number of nitro groups is 1. The maximum atomic E-state index is 10.9. The number of nitrogens with zero attached hydrogens (tertiary/aromatic N) is 1. The lowest BCUT2D eigenvalue weighted by molar-refractivity contribution is -0.385. The summed E-state index contributed by atoms with van der Waals surface area (Å²) in [4.78, 5) is 10.5. The third-order valence-electron chi connectivity index (χ3n) is 3.33. The van der Waals surface area contributed by atoms with Crippen LogP contribution in [0.1, 0.15) is 30.5 Å². The smallest absolute Gasteiger partial charge is 0.276 e. The van der Waals surface area contributed by atoms with E-state index >= 15 is 0 Å². The Kier molecular flexibility index (Phi) is 4.90. The first kappa shape index (κ1) is 15.0. The van der Waals surface area contributed by atoms with Crippen molar-refractivity contribution < 1.29 is 9.66 Å². The molecule has 0 spiro atoms. The van der Waals surface area contributed by atoms with Crippen LogP contribution in [0.3, 0.4) is 0 Å². The van der Waals surface area contributed by atoms with E-state index in [4.69, 9.17) is 10.5 Å². The first-order valence-corrected chi connectivity index (χ1v) is 6.82. The van der Waals surface area contributed by atoms with Crippen molar-refractivity contribution in [1.29, 1.82) is 0 Å². The van der Waals surface area contributed by atoms with E-state index in [1.807, 2.05) is 31.2 Å². The summed E-state index contributed by atoms with van der Waals surface area (Å²) in [6, 6.07) is 14.1. The highest BCUT2D eigenvalue weighted by Gasteiger charge is 2.12. The third-order valence-corrected chi connectivity index (χ3v) is 3.33. The molecule has 21 heavy (non-hydrogen) atoms. The summed E-state index contributed by atoms with van der Waals surface area (Å²) >= 11 is 0. The largest absolute Gasteiger partial charge is 0.489 e. The molecule has 0 aliphatic heterocycles. The Morgan fingerprint density at radius 2 is 1.86 bits per heavy atom. The van der Waals surface area contributed by atoms with Crippen LogP contribution in [0.15, 0.2) is 48.5 Å². The van der Waals surface area contributed by atoms with Gasteiger partial charge >= 0.3 is 0 Å². The zero-order valence-electron chi connectivity index (χ0n) is 11.9. The summed E-state index contributed by atoms with van der Waals surface area (Å²) < 4.78 is 5.61. The average Bonchev–Trinajstić information content (AvgIpc) is 2.52. The second-order valence-corrected chi connectivity index (χ2v) is 4.76. The van der Waals surface area contributed by atoms with Crippen LogP contribution in [0.2, 0.25) is 0 Å². The molecule has 2 N–H and O–H groups in total. The molecule has 2 rings (SSSR count). The fourth-order valence-corrected chi connectivity index (χ4v) is 2.02. The van der Waals surface area contributed by atoms with E-state index in [0.29, 0.717) is 11.3 Å². The molecule has 1 atom stereocenters. The molecule has 0 unspecified atom stereocenters. The second kappa shape index (κ2) is 6.85. The standard InChI is InChI=1S/C16H18N2O3/c1-2-15(17)12-7-9-14(10-8-12)21-11-13-5-3-4-6-16(13)18(19)20/h3-10,15H,2,11,17H2,1H3/t15-/m0/s1. The summed E-state index contributed by atoms with van der Waals surface area (Å²) in [5, 5.41) is 10.9. The fraction of sp³-hybridized carbons (Fsp3) is 0.250. The molecular formula is C16H18N2O3. The van der Waals surface area contributed by atoms with Gasteiger partial charge in [0.2, 0.25) is 0 Å². The van der Waals surface area contributed by atoms with Crippen molar-refractivity contribution in [3.8, 4) is 5.75 Å². The average molecular weight is 286 g/mol. The maximum absolute atomic E-state index is 10.9. The minimum atomic E-state index is -0.401. The second-order valence-electron chi connectivity index (χ2n) is 4.76. The Labute approximate surface area is 123 Å². The molecule has 0 aliphatic carbocycles. The molecule has 0 heterocycles. The fourth-order valence-electron chi connectivity index (χ4n) is 2.02. The lowest BCUT2D eigenvalue weighted by Crippen LogP contribution is -2.08. The van der Waals surface area contributed by atoms with Gasteiger partial charge in [0.05, 0.1) is 10.5 Å². The number of ether oxygens (including phenoxy) is 1. The molecule has 0 saturated heterocycles. The van der Waals surface area contributed by atoms with Crippen molar-refractivity contribution in [3.05, 3.63) is 69.8 Å².